The van der Waals surface area contributed by atoms with Crippen molar-refractivity contribution >= 4 is 28.3 Å². The Morgan fingerprint density at radius 3 is 2.00 bits per heavy atom. The lowest BCUT2D eigenvalue weighted by molar-refractivity contribution is 0.201. The molecule has 2 aromatic carbocycles. The zero-order valence-electron chi connectivity index (χ0n) is 12.3. The summed E-state index contributed by atoms with van der Waals surface area (Å²) >= 11 is 7.26. The van der Waals surface area contributed by atoms with Crippen molar-refractivity contribution < 1.29 is 5.48 Å². The molecule has 1 aliphatic heterocycles. The van der Waals surface area contributed by atoms with Crippen molar-refractivity contribution in [1.82, 2.24) is 9.80 Å². The van der Waals surface area contributed by atoms with E-state index in [0.717, 1.165) is 30.0 Å². The van der Waals surface area contributed by atoms with Crippen LogP contribution in [0, 0.1) is 0 Å². The number of thiocarbonyl (C=S) groups is 1. The third kappa shape index (κ3) is 4.55. The van der Waals surface area contributed by atoms with Crippen LogP contribution >= 0.6 is 24.0 Å². The van der Waals surface area contributed by atoms with E-state index < -0.39 is 0 Å². The Morgan fingerprint density at radius 1 is 0.864 bits per heavy atom. The molecule has 0 aliphatic carbocycles. The Morgan fingerprint density at radius 2 is 1.41 bits per heavy atom. The largest absolute Gasteiger partial charge is 0.412 e. The molecule has 0 radical (unpaired) electrons. The normalized spacial score (nSPS) is 15.5. The number of hydrogen-bond acceptors (Lipinski definition) is 3. The standard InChI is InChI=1S/C17H18N2S2.H2O/c20-17-19(12-16-9-5-2-6-10-16)13-18(14-21-17)11-15-7-3-1-4-8-15;/h1-10H,11-14H2;1H2. The molecule has 3 rings (SSSR count). The summed E-state index contributed by atoms with van der Waals surface area (Å²) in [4.78, 5) is 4.71. The van der Waals surface area contributed by atoms with Gasteiger partial charge in [-0.1, -0.05) is 84.6 Å². The van der Waals surface area contributed by atoms with Gasteiger partial charge in [-0.2, -0.15) is 0 Å². The maximum Gasteiger partial charge on any atom is 0.138 e. The Balaban J connectivity index is 0.00000176. The van der Waals surface area contributed by atoms with Gasteiger partial charge in [-0.15, -0.1) is 0 Å². The van der Waals surface area contributed by atoms with Crippen molar-refractivity contribution in [2.75, 3.05) is 12.5 Å². The number of nitrogens with zero attached hydrogens (tertiary/aromatic N) is 2. The fraction of sp³-hybridized carbons (Fsp3) is 0.235. The molecule has 116 valence electrons. The van der Waals surface area contributed by atoms with Gasteiger partial charge in [-0.3, -0.25) is 4.90 Å². The van der Waals surface area contributed by atoms with Crippen molar-refractivity contribution in [3.05, 3.63) is 71.8 Å². The quantitative estimate of drug-likeness (QED) is 0.806. The second kappa shape index (κ2) is 8.29. The average molecular weight is 332 g/mol. The van der Waals surface area contributed by atoms with Gasteiger partial charge in [-0.25, -0.2) is 0 Å². The molecule has 1 fully saturated rings. The van der Waals surface area contributed by atoms with Crippen LogP contribution in [0.25, 0.3) is 0 Å². The molecule has 2 N–H and O–H groups in total. The maximum absolute atomic E-state index is 5.51. The summed E-state index contributed by atoms with van der Waals surface area (Å²) in [6.45, 7) is 2.76. The first kappa shape index (κ1) is 17.0. The molecule has 2 aromatic rings. The minimum atomic E-state index is 0. The number of benzene rings is 2. The highest BCUT2D eigenvalue weighted by Gasteiger charge is 2.21. The molecule has 0 saturated carbocycles. The first-order valence-corrected chi connectivity index (χ1v) is 8.42. The molecule has 0 spiro atoms. The Hall–Kier alpha value is -1.40. The fourth-order valence-electron chi connectivity index (χ4n) is 2.43. The van der Waals surface area contributed by atoms with Crippen molar-refractivity contribution in [3.8, 4) is 0 Å². The Labute approximate surface area is 141 Å². The van der Waals surface area contributed by atoms with Crippen LogP contribution in [0.2, 0.25) is 0 Å². The summed E-state index contributed by atoms with van der Waals surface area (Å²) < 4.78 is 1.00. The third-order valence-electron chi connectivity index (χ3n) is 3.46. The molecule has 1 saturated heterocycles. The van der Waals surface area contributed by atoms with Gasteiger partial charge >= 0.3 is 0 Å². The molecule has 0 bridgehead atoms. The van der Waals surface area contributed by atoms with E-state index in [9.17, 15) is 0 Å². The molecule has 0 aromatic heterocycles. The molecule has 3 nitrogen and oxygen atoms in total. The maximum atomic E-state index is 5.51. The molecule has 0 amide bonds. The molecule has 5 heteroatoms. The first-order chi connectivity index (χ1) is 10.3. The monoisotopic (exact) mass is 332 g/mol. The van der Waals surface area contributed by atoms with Crippen LogP contribution in [-0.4, -0.2) is 32.1 Å². The smallest absolute Gasteiger partial charge is 0.138 e. The zero-order chi connectivity index (χ0) is 14.5. The lowest BCUT2D eigenvalue weighted by Gasteiger charge is -2.36. The van der Waals surface area contributed by atoms with Crippen molar-refractivity contribution in [1.29, 1.82) is 0 Å². The lowest BCUT2D eigenvalue weighted by atomic mass is 10.2. The van der Waals surface area contributed by atoms with E-state index in [1.807, 2.05) is 0 Å². The number of thioether (sulfide) groups is 1. The van der Waals surface area contributed by atoms with Gasteiger partial charge in [0.2, 0.25) is 0 Å². The summed E-state index contributed by atoms with van der Waals surface area (Å²) in [5.41, 5.74) is 2.66. The summed E-state index contributed by atoms with van der Waals surface area (Å²) in [6, 6.07) is 21.1. The van der Waals surface area contributed by atoms with Crippen molar-refractivity contribution in [2.24, 2.45) is 0 Å². The molecular formula is C17H20N2OS2. The van der Waals surface area contributed by atoms with E-state index in [1.54, 1.807) is 11.8 Å². The van der Waals surface area contributed by atoms with Crippen molar-refractivity contribution in [2.45, 2.75) is 13.1 Å². The van der Waals surface area contributed by atoms with Gasteiger partial charge in [0.25, 0.3) is 0 Å². The molecule has 0 unspecified atom stereocenters. The molecule has 22 heavy (non-hydrogen) atoms. The predicted octanol–water partition coefficient (Wildman–Crippen LogP) is 3.11. The van der Waals surface area contributed by atoms with E-state index in [-0.39, 0.29) is 5.48 Å². The molecule has 0 atom stereocenters. The van der Waals surface area contributed by atoms with Crippen molar-refractivity contribution in [3.63, 3.8) is 0 Å². The van der Waals surface area contributed by atoms with Gasteiger partial charge in [-0.05, 0) is 11.1 Å². The van der Waals surface area contributed by atoms with Gasteiger partial charge < -0.3 is 10.4 Å². The van der Waals surface area contributed by atoms with E-state index in [4.69, 9.17) is 12.2 Å². The Kier molecular flexibility index (Phi) is 6.39. The summed E-state index contributed by atoms with van der Waals surface area (Å²) in [7, 11) is 0. The van der Waals surface area contributed by atoms with Crippen LogP contribution in [0.1, 0.15) is 11.1 Å². The Bertz CT molecular complexity index is 592. The van der Waals surface area contributed by atoms with Gasteiger partial charge in [0.1, 0.15) is 4.32 Å². The van der Waals surface area contributed by atoms with Crippen LogP contribution in [0.4, 0.5) is 0 Å². The topological polar surface area (TPSA) is 38.0 Å². The summed E-state index contributed by atoms with van der Waals surface area (Å²) in [5, 5.41) is 0. The van der Waals surface area contributed by atoms with E-state index >= 15 is 0 Å². The van der Waals surface area contributed by atoms with Gasteiger partial charge in [0.15, 0.2) is 0 Å². The van der Waals surface area contributed by atoms with Crippen LogP contribution < -0.4 is 0 Å². The second-order valence-electron chi connectivity index (χ2n) is 5.18. The predicted molar refractivity (Wildman–Crippen MR) is 97.5 cm³/mol. The van der Waals surface area contributed by atoms with Gasteiger partial charge in [0, 0.05) is 13.1 Å². The van der Waals surface area contributed by atoms with Crippen LogP contribution in [0.5, 0.6) is 0 Å². The van der Waals surface area contributed by atoms with Crippen LogP contribution in [0.3, 0.4) is 0 Å². The average Bonchev–Trinajstić information content (AvgIpc) is 2.53. The summed E-state index contributed by atoms with van der Waals surface area (Å²) in [6.07, 6.45) is 0. The van der Waals surface area contributed by atoms with E-state index in [2.05, 4.69) is 70.5 Å². The zero-order valence-corrected chi connectivity index (χ0v) is 13.9. The number of rotatable bonds is 4. The second-order valence-corrected chi connectivity index (χ2v) is 6.76. The highest BCUT2D eigenvalue weighted by molar-refractivity contribution is 8.22. The minimum Gasteiger partial charge on any atom is -0.412 e. The minimum absolute atomic E-state index is 0. The van der Waals surface area contributed by atoms with Crippen LogP contribution in [0.15, 0.2) is 60.7 Å². The highest BCUT2D eigenvalue weighted by atomic mass is 32.2. The fourth-order valence-corrected chi connectivity index (χ4v) is 3.48. The van der Waals surface area contributed by atoms with Gasteiger partial charge in [0.05, 0.1) is 12.5 Å². The van der Waals surface area contributed by atoms with Crippen LogP contribution in [-0.2, 0) is 13.1 Å². The SMILES string of the molecule is O.S=C1SCN(Cc2ccccc2)CN1Cc1ccccc1. The third-order valence-corrected chi connectivity index (χ3v) is 5.08. The molecule has 1 aliphatic rings. The highest BCUT2D eigenvalue weighted by Crippen LogP contribution is 2.22. The lowest BCUT2D eigenvalue weighted by Crippen LogP contribution is -2.43. The number of hydrogen-bond donors (Lipinski definition) is 0. The molecular weight excluding hydrogens is 312 g/mol. The first-order valence-electron chi connectivity index (χ1n) is 7.03. The van der Waals surface area contributed by atoms with E-state index in [1.165, 1.54) is 11.1 Å². The van der Waals surface area contributed by atoms with E-state index in [0.29, 0.717) is 0 Å². The molecule has 1 heterocycles. The summed E-state index contributed by atoms with van der Waals surface area (Å²) in [5.74, 6) is 0.971.